The molecule has 7 nitrogen and oxygen atoms in total. The maximum atomic E-state index is 13.7. The summed E-state index contributed by atoms with van der Waals surface area (Å²) in [6.45, 7) is 11.0. The molecule has 2 aromatic rings. The Balaban J connectivity index is 1.90. The second-order valence-corrected chi connectivity index (χ2v) is 10.1. The second kappa shape index (κ2) is 10.3. The fourth-order valence-corrected chi connectivity index (χ4v) is 3.96. The van der Waals surface area contributed by atoms with E-state index in [1.165, 1.54) is 0 Å². The molecule has 3 rings (SSSR count). The van der Waals surface area contributed by atoms with Crippen LogP contribution in [-0.2, 0) is 14.3 Å². The van der Waals surface area contributed by atoms with Crippen molar-refractivity contribution in [2.45, 2.75) is 65.6 Å². The van der Waals surface area contributed by atoms with Crippen molar-refractivity contribution >= 4 is 23.6 Å². The topological polar surface area (TPSA) is 87.7 Å². The van der Waals surface area contributed by atoms with Crippen LogP contribution in [0.25, 0.3) is 0 Å². The predicted octanol–water partition coefficient (Wildman–Crippen LogP) is 4.74. The Kier molecular flexibility index (Phi) is 7.64. The molecule has 3 atom stereocenters. The van der Waals surface area contributed by atoms with Crippen molar-refractivity contribution in [3.8, 4) is 0 Å². The number of nitrogens with zero attached hydrogens (tertiary/aromatic N) is 1. The number of carbonyl (C=O) groups is 3. The predicted molar refractivity (Wildman–Crippen MR) is 132 cm³/mol. The van der Waals surface area contributed by atoms with E-state index >= 15 is 0 Å². The van der Waals surface area contributed by atoms with Gasteiger partial charge in [0.05, 0.1) is 0 Å². The number of nitrogens with one attached hydrogen (secondary N) is 2. The molecule has 0 aliphatic heterocycles. The highest BCUT2D eigenvalue weighted by Gasteiger charge is 2.46. The number of ether oxygens (including phenoxy) is 1. The van der Waals surface area contributed by atoms with Crippen LogP contribution in [0.3, 0.4) is 0 Å². The third-order valence-electron chi connectivity index (χ3n) is 5.78. The van der Waals surface area contributed by atoms with Crippen LogP contribution in [0.1, 0.15) is 56.8 Å². The van der Waals surface area contributed by atoms with Gasteiger partial charge >= 0.3 is 6.09 Å². The first kappa shape index (κ1) is 25.3. The van der Waals surface area contributed by atoms with Gasteiger partial charge in [-0.3, -0.25) is 9.59 Å². The number of para-hydroxylation sites is 1. The minimum absolute atomic E-state index is 0.0823. The lowest BCUT2D eigenvalue weighted by molar-refractivity contribution is -0.139. The number of aryl methyl sites for hydroxylation is 2. The van der Waals surface area contributed by atoms with E-state index in [0.29, 0.717) is 5.69 Å². The summed E-state index contributed by atoms with van der Waals surface area (Å²) < 4.78 is 5.27. The van der Waals surface area contributed by atoms with Gasteiger partial charge in [0.15, 0.2) is 0 Å². The van der Waals surface area contributed by atoms with Crippen molar-refractivity contribution in [3.63, 3.8) is 0 Å². The highest BCUT2D eigenvalue weighted by molar-refractivity contribution is 5.99. The molecule has 1 aliphatic rings. The van der Waals surface area contributed by atoms with Gasteiger partial charge in [-0.1, -0.05) is 55.0 Å². The first-order valence-electron chi connectivity index (χ1n) is 11.7. The third-order valence-corrected chi connectivity index (χ3v) is 5.78. The van der Waals surface area contributed by atoms with Gasteiger partial charge in [-0.2, -0.15) is 0 Å². The van der Waals surface area contributed by atoms with Gasteiger partial charge in [0.2, 0.25) is 5.91 Å². The average molecular weight is 466 g/mol. The second-order valence-electron chi connectivity index (χ2n) is 10.1. The molecule has 0 saturated heterocycles. The molecule has 0 spiro atoms. The Morgan fingerprint density at radius 1 is 1.09 bits per heavy atom. The van der Waals surface area contributed by atoms with Crippen molar-refractivity contribution in [2.24, 2.45) is 5.92 Å². The number of carbonyl (C=O) groups excluding carboxylic acids is 3. The van der Waals surface area contributed by atoms with Crippen LogP contribution in [0.2, 0.25) is 0 Å². The van der Waals surface area contributed by atoms with E-state index in [1.807, 2.05) is 62.4 Å². The van der Waals surface area contributed by atoms with Crippen molar-refractivity contribution < 1.29 is 19.1 Å². The van der Waals surface area contributed by atoms with Gasteiger partial charge in [0, 0.05) is 11.7 Å². The average Bonchev–Trinajstić information content (AvgIpc) is 3.46. The van der Waals surface area contributed by atoms with Crippen molar-refractivity contribution in [2.75, 3.05) is 11.9 Å². The minimum atomic E-state index is -0.831. The third kappa shape index (κ3) is 6.59. The lowest BCUT2D eigenvalue weighted by Gasteiger charge is -2.32. The fraction of sp³-hybridized carbons (Fsp3) is 0.444. The molecule has 0 radical (unpaired) electrons. The number of hydrogen-bond donors (Lipinski definition) is 2. The van der Waals surface area contributed by atoms with Crippen LogP contribution in [-0.4, -0.2) is 41.0 Å². The zero-order chi connectivity index (χ0) is 25.0. The minimum Gasteiger partial charge on any atom is -0.444 e. The summed E-state index contributed by atoms with van der Waals surface area (Å²) in [5, 5.41) is 5.56. The van der Waals surface area contributed by atoms with E-state index in [-0.39, 0.29) is 30.3 Å². The summed E-state index contributed by atoms with van der Waals surface area (Å²) >= 11 is 0. The number of benzene rings is 2. The monoisotopic (exact) mass is 465 g/mol. The quantitative estimate of drug-likeness (QED) is 0.618. The lowest BCUT2D eigenvalue weighted by Crippen LogP contribution is -2.48. The van der Waals surface area contributed by atoms with E-state index in [9.17, 15) is 14.4 Å². The maximum Gasteiger partial charge on any atom is 0.408 e. The zero-order valence-electron chi connectivity index (χ0n) is 20.8. The van der Waals surface area contributed by atoms with Crippen LogP contribution < -0.4 is 10.6 Å². The van der Waals surface area contributed by atoms with E-state index in [2.05, 4.69) is 17.6 Å². The van der Waals surface area contributed by atoms with Gasteiger partial charge in [-0.15, -0.1) is 0 Å². The summed E-state index contributed by atoms with van der Waals surface area (Å²) in [6.07, 6.45) is 0.138. The van der Waals surface area contributed by atoms with Crippen LogP contribution in [0.15, 0.2) is 48.5 Å². The van der Waals surface area contributed by atoms with Gasteiger partial charge in [0.1, 0.15) is 18.2 Å². The largest absolute Gasteiger partial charge is 0.444 e. The molecular weight excluding hydrogens is 430 g/mol. The summed E-state index contributed by atoms with van der Waals surface area (Å²) in [6, 6.07) is 14.3. The number of amides is 3. The van der Waals surface area contributed by atoms with Crippen LogP contribution in [0.4, 0.5) is 10.5 Å². The molecule has 1 fully saturated rings. The molecule has 34 heavy (non-hydrogen) atoms. The molecule has 1 saturated carbocycles. The first-order valence-corrected chi connectivity index (χ1v) is 11.7. The Hall–Kier alpha value is -3.35. The van der Waals surface area contributed by atoms with E-state index in [0.717, 1.165) is 23.1 Å². The summed E-state index contributed by atoms with van der Waals surface area (Å²) in [5.41, 5.74) is 2.69. The van der Waals surface area contributed by atoms with Crippen LogP contribution in [0.5, 0.6) is 0 Å². The molecule has 7 heteroatoms. The molecule has 2 aromatic carbocycles. The normalized spacial score (nSPS) is 17.9. The van der Waals surface area contributed by atoms with Gasteiger partial charge < -0.3 is 20.3 Å². The molecule has 3 unspecified atom stereocenters. The van der Waals surface area contributed by atoms with Gasteiger partial charge in [-0.05, 0) is 64.2 Å². The molecule has 2 N–H and O–H groups in total. The zero-order valence-corrected chi connectivity index (χ0v) is 20.8. The Morgan fingerprint density at radius 3 is 2.35 bits per heavy atom. The Morgan fingerprint density at radius 2 is 1.76 bits per heavy atom. The Bertz CT molecular complexity index is 1060. The van der Waals surface area contributed by atoms with Crippen LogP contribution in [0, 0.1) is 19.8 Å². The molecule has 0 heterocycles. The lowest BCUT2D eigenvalue weighted by atomic mass is 10.0. The molecular formula is C27H35N3O4. The molecule has 1 aliphatic carbocycles. The fourth-order valence-electron chi connectivity index (χ4n) is 3.96. The number of alkyl carbamates (subject to hydrolysis) is 1. The number of hydrogen-bond acceptors (Lipinski definition) is 4. The summed E-state index contributed by atoms with van der Waals surface area (Å²) in [7, 11) is 0. The van der Waals surface area contributed by atoms with Crippen molar-refractivity contribution in [3.05, 3.63) is 65.2 Å². The Labute approximate surface area is 201 Å². The number of anilines is 1. The van der Waals surface area contributed by atoms with Gasteiger partial charge in [-0.25, -0.2) is 4.79 Å². The molecule has 0 aromatic heterocycles. The summed E-state index contributed by atoms with van der Waals surface area (Å²) in [5.74, 6) is -0.347. The highest BCUT2D eigenvalue weighted by atomic mass is 16.6. The van der Waals surface area contributed by atoms with Crippen molar-refractivity contribution in [1.29, 1.82) is 0 Å². The molecule has 3 amide bonds. The maximum absolute atomic E-state index is 13.7. The SMILES string of the molecule is Cc1cccc(C(C(=O)Nc2ccccc2C)N(C(=O)CNC(=O)OC(C)(C)C)C2CC2C)c1. The van der Waals surface area contributed by atoms with Crippen molar-refractivity contribution in [1.82, 2.24) is 10.2 Å². The van der Waals surface area contributed by atoms with E-state index in [4.69, 9.17) is 4.74 Å². The van der Waals surface area contributed by atoms with E-state index in [1.54, 1.807) is 25.7 Å². The van der Waals surface area contributed by atoms with Gasteiger partial charge in [0.25, 0.3) is 5.91 Å². The summed E-state index contributed by atoms with van der Waals surface area (Å²) in [4.78, 5) is 40.9. The number of rotatable bonds is 7. The van der Waals surface area contributed by atoms with Crippen LogP contribution >= 0.6 is 0 Å². The standard InChI is InChI=1S/C27H35N3O4/c1-17-10-9-12-20(14-17)24(25(32)29-21-13-8-7-11-18(21)2)30(22-15-19(22)3)23(31)16-28-26(33)34-27(4,5)6/h7-14,19,22,24H,15-16H2,1-6H3,(H,28,33)(H,29,32). The van der Waals surface area contributed by atoms with E-state index < -0.39 is 17.7 Å². The molecule has 182 valence electrons. The molecule has 0 bridgehead atoms. The first-order chi connectivity index (χ1) is 16.0. The smallest absolute Gasteiger partial charge is 0.408 e. The highest BCUT2D eigenvalue weighted by Crippen LogP contribution is 2.40.